The number of hydrogen-bond donors (Lipinski definition) is 0. The zero-order chi connectivity index (χ0) is 11.3. The molecule has 0 radical (unpaired) electrons. The highest BCUT2D eigenvalue weighted by molar-refractivity contribution is 6.30. The Hall–Kier alpha value is -0.760. The van der Waals surface area contributed by atoms with Crippen molar-refractivity contribution in [2.24, 2.45) is 0 Å². The van der Waals surface area contributed by atoms with Gasteiger partial charge in [-0.25, -0.2) is 4.98 Å². The molecule has 0 aromatic carbocycles. The average molecular weight is 228 g/mol. The molecule has 0 atom stereocenters. The molecule has 1 rings (SSSR count). The molecule has 15 heavy (non-hydrogen) atoms. The van der Waals surface area contributed by atoms with Gasteiger partial charge in [0.05, 0.1) is 6.10 Å². The van der Waals surface area contributed by atoms with E-state index in [4.69, 9.17) is 16.3 Å². The lowest BCUT2D eigenvalue weighted by Crippen LogP contribution is -2.14. The van der Waals surface area contributed by atoms with Crippen LogP contribution < -0.4 is 4.74 Å². The van der Waals surface area contributed by atoms with Gasteiger partial charge in [-0.3, -0.25) is 0 Å². The summed E-state index contributed by atoms with van der Waals surface area (Å²) in [5, 5.41) is 0.458. The van der Waals surface area contributed by atoms with Crippen LogP contribution in [0.15, 0.2) is 12.3 Å². The van der Waals surface area contributed by atoms with Crippen LogP contribution in [0.25, 0.3) is 0 Å². The molecule has 3 heteroatoms. The molecule has 0 fully saturated rings. The summed E-state index contributed by atoms with van der Waals surface area (Å²) in [7, 11) is 0. The Morgan fingerprint density at radius 3 is 2.53 bits per heavy atom. The molecule has 84 valence electrons. The van der Waals surface area contributed by atoms with Crippen molar-refractivity contribution in [3.63, 3.8) is 0 Å². The summed E-state index contributed by atoms with van der Waals surface area (Å²) in [5.74, 6) is 0.713. The van der Waals surface area contributed by atoms with Gasteiger partial charge in [-0.15, -0.1) is 0 Å². The number of hydrogen-bond acceptors (Lipinski definition) is 2. The molecule has 0 saturated heterocycles. The van der Waals surface area contributed by atoms with Gasteiger partial charge in [0.1, 0.15) is 0 Å². The van der Waals surface area contributed by atoms with Crippen molar-refractivity contribution >= 4 is 11.6 Å². The summed E-state index contributed by atoms with van der Waals surface area (Å²) in [4.78, 5) is 4.11. The highest BCUT2D eigenvalue weighted by atomic mass is 35.5. The fourth-order valence-electron chi connectivity index (χ4n) is 1.38. The van der Waals surface area contributed by atoms with Crippen molar-refractivity contribution < 1.29 is 4.74 Å². The van der Waals surface area contributed by atoms with Gasteiger partial charge < -0.3 is 4.74 Å². The smallest absolute Gasteiger partial charge is 0.171 e. The summed E-state index contributed by atoms with van der Waals surface area (Å²) in [6, 6.07) is 1.98. The maximum absolute atomic E-state index is 5.98. The third-order valence-corrected chi connectivity index (χ3v) is 2.76. The zero-order valence-corrected chi connectivity index (χ0v) is 10.3. The first-order valence-corrected chi connectivity index (χ1v) is 5.90. The van der Waals surface area contributed by atoms with Crippen molar-refractivity contribution in [2.75, 3.05) is 0 Å². The van der Waals surface area contributed by atoms with Crippen LogP contribution in [0.1, 0.15) is 39.2 Å². The van der Waals surface area contributed by atoms with Crippen LogP contribution in [-0.2, 0) is 6.42 Å². The van der Waals surface area contributed by atoms with E-state index in [1.807, 2.05) is 6.07 Å². The van der Waals surface area contributed by atoms with Crippen molar-refractivity contribution in [2.45, 2.75) is 46.1 Å². The fourth-order valence-corrected chi connectivity index (χ4v) is 1.53. The molecule has 1 heterocycles. The summed E-state index contributed by atoms with van der Waals surface area (Å²) in [6.45, 7) is 6.31. The number of halogens is 1. The van der Waals surface area contributed by atoms with Gasteiger partial charge >= 0.3 is 0 Å². The topological polar surface area (TPSA) is 22.1 Å². The average Bonchev–Trinajstić information content (AvgIpc) is 2.28. The first-order chi connectivity index (χ1) is 7.21. The van der Waals surface area contributed by atoms with Gasteiger partial charge in [0.15, 0.2) is 10.9 Å². The van der Waals surface area contributed by atoms with E-state index in [0.717, 1.165) is 24.8 Å². The van der Waals surface area contributed by atoms with Crippen LogP contribution >= 0.6 is 11.6 Å². The van der Waals surface area contributed by atoms with Crippen LogP contribution in [0.2, 0.25) is 5.15 Å². The van der Waals surface area contributed by atoms with Crippen molar-refractivity contribution in [1.29, 1.82) is 0 Å². The van der Waals surface area contributed by atoms with Crippen LogP contribution in [0.5, 0.6) is 5.75 Å². The maximum Gasteiger partial charge on any atom is 0.171 e. The Labute approximate surface area is 96.6 Å². The van der Waals surface area contributed by atoms with Crippen LogP contribution in [0.4, 0.5) is 0 Å². The second-order valence-corrected chi connectivity index (χ2v) is 3.90. The van der Waals surface area contributed by atoms with Crippen molar-refractivity contribution in [3.05, 3.63) is 23.0 Å². The third-order valence-electron chi connectivity index (χ3n) is 2.48. The van der Waals surface area contributed by atoms with E-state index in [-0.39, 0.29) is 6.10 Å². The van der Waals surface area contributed by atoms with E-state index in [0.29, 0.717) is 10.9 Å². The number of aryl methyl sites for hydroxylation is 1. The Morgan fingerprint density at radius 2 is 2.00 bits per heavy atom. The Bertz CT molecular complexity index is 310. The van der Waals surface area contributed by atoms with Gasteiger partial charge in [-0.1, -0.05) is 32.4 Å². The zero-order valence-electron chi connectivity index (χ0n) is 9.59. The Morgan fingerprint density at radius 1 is 1.33 bits per heavy atom. The van der Waals surface area contributed by atoms with E-state index in [1.54, 1.807) is 6.20 Å². The van der Waals surface area contributed by atoms with E-state index in [1.165, 1.54) is 0 Å². The molecule has 0 bridgehead atoms. The van der Waals surface area contributed by atoms with Crippen molar-refractivity contribution in [1.82, 2.24) is 4.98 Å². The molecule has 0 N–H and O–H groups in total. The minimum atomic E-state index is 0.233. The first-order valence-electron chi connectivity index (χ1n) is 5.52. The molecule has 0 aliphatic carbocycles. The summed E-state index contributed by atoms with van der Waals surface area (Å²) in [5.41, 5.74) is 1.15. The largest absolute Gasteiger partial charge is 0.487 e. The molecule has 0 unspecified atom stereocenters. The van der Waals surface area contributed by atoms with Gasteiger partial charge in [-0.05, 0) is 30.9 Å². The lowest BCUT2D eigenvalue weighted by molar-refractivity contribution is 0.192. The molecule has 2 nitrogen and oxygen atoms in total. The number of rotatable bonds is 5. The first kappa shape index (κ1) is 12.3. The van der Waals surface area contributed by atoms with E-state index in [9.17, 15) is 0 Å². The summed E-state index contributed by atoms with van der Waals surface area (Å²) in [6.07, 6.45) is 4.95. The minimum Gasteiger partial charge on any atom is -0.487 e. The lowest BCUT2D eigenvalue weighted by Gasteiger charge is -2.16. The van der Waals surface area contributed by atoms with Gasteiger partial charge in [-0.2, -0.15) is 0 Å². The normalized spacial score (nSPS) is 10.7. The fraction of sp³-hybridized carbons (Fsp3) is 0.583. The molecule has 0 spiro atoms. The molecule has 0 aliphatic rings. The van der Waals surface area contributed by atoms with Crippen LogP contribution in [0, 0.1) is 0 Å². The van der Waals surface area contributed by atoms with E-state index in [2.05, 4.69) is 25.8 Å². The second kappa shape index (κ2) is 5.96. The van der Waals surface area contributed by atoms with Gasteiger partial charge in [0.2, 0.25) is 0 Å². The highest BCUT2D eigenvalue weighted by Gasteiger charge is 2.09. The highest BCUT2D eigenvalue weighted by Crippen LogP contribution is 2.25. The van der Waals surface area contributed by atoms with E-state index >= 15 is 0 Å². The number of nitrogens with zero attached hydrogens (tertiary/aromatic N) is 1. The van der Waals surface area contributed by atoms with Gasteiger partial charge in [0.25, 0.3) is 0 Å². The number of pyridine rings is 1. The lowest BCUT2D eigenvalue weighted by atomic mass is 10.2. The molecule has 0 aliphatic heterocycles. The predicted molar refractivity (Wildman–Crippen MR) is 63.6 cm³/mol. The minimum absolute atomic E-state index is 0.233. The number of ether oxygens (including phenoxy) is 1. The standard InChI is InChI=1S/C12H18ClNO/c1-4-9-7-11(12(13)14-8-9)15-10(5-2)6-3/h7-8,10H,4-6H2,1-3H3. The summed E-state index contributed by atoms with van der Waals surface area (Å²) >= 11 is 5.98. The van der Waals surface area contributed by atoms with Gasteiger partial charge in [0, 0.05) is 6.20 Å². The second-order valence-electron chi connectivity index (χ2n) is 3.54. The Kier molecular flexibility index (Phi) is 4.89. The molecule has 0 amide bonds. The molecular weight excluding hydrogens is 210 g/mol. The maximum atomic E-state index is 5.98. The van der Waals surface area contributed by atoms with E-state index < -0.39 is 0 Å². The molecule has 1 aromatic rings. The third kappa shape index (κ3) is 3.38. The van der Waals surface area contributed by atoms with Crippen molar-refractivity contribution in [3.8, 4) is 5.75 Å². The number of aromatic nitrogens is 1. The Balaban J connectivity index is 2.82. The molecule has 1 aromatic heterocycles. The molecule has 0 saturated carbocycles. The van der Waals surface area contributed by atoms with Crippen LogP contribution in [-0.4, -0.2) is 11.1 Å². The predicted octanol–water partition coefficient (Wildman–Crippen LogP) is 3.86. The van der Waals surface area contributed by atoms with Crippen LogP contribution in [0.3, 0.4) is 0 Å². The monoisotopic (exact) mass is 227 g/mol. The SMILES string of the molecule is CCc1cnc(Cl)c(OC(CC)CC)c1. The quantitative estimate of drug-likeness (QED) is 0.713. The summed E-state index contributed by atoms with van der Waals surface area (Å²) < 4.78 is 5.79. The molecular formula is C12H18ClNO.